The predicted octanol–water partition coefficient (Wildman–Crippen LogP) is 3.74. The molecule has 1 heterocycles. The second-order valence-electron chi connectivity index (χ2n) is 8.20. The second kappa shape index (κ2) is 9.18. The van der Waals surface area contributed by atoms with E-state index in [1.165, 1.54) is 0 Å². The molecule has 6 nitrogen and oxygen atoms in total. The third-order valence-corrected chi connectivity index (χ3v) is 6.48. The van der Waals surface area contributed by atoms with Crippen molar-refractivity contribution >= 4 is 23.4 Å². The van der Waals surface area contributed by atoms with Crippen molar-refractivity contribution in [1.29, 1.82) is 0 Å². The van der Waals surface area contributed by atoms with Crippen LogP contribution in [0.15, 0.2) is 42.5 Å². The standard InChI is InChI=1S/C24H27ClN2O4/c1-30-16-9-10-22(31-2)18(11-16)19-13-27(24(29)17-5-3-4-6-21(17)25)14-20(19)23(28)26-12-15-7-8-15/h3-6,9-11,15,19-20H,7-8,12-14H2,1-2H3,(H,26,28). The minimum absolute atomic E-state index is 0.0313. The van der Waals surface area contributed by atoms with Gasteiger partial charge < -0.3 is 19.7 Å². The van der Waals surface area contributed by atoms with E-state index >= 15 is 0 Å². The van der Waals surface area contributed by atoms with E-state index in [0.29, 0.717) is 47.6 Å². The molecule has 2 atom stereocenters. The van der Waals surface area contributed by atoms with E-state index in [9.17, 15) is 9.59 Å². The molecule has 2 aliphatic rings. The van der Waals surface area contributed by atoms with Crippen LogP contribution in [-0.2, 0) is 4.79 Å². The summed E-state index contributed by atoms with van der Waals surface area (Å²) in [5.41, 5.74) is 1.31. The van der Waals surface area contributed by atoms with Gasteiger partial charge >= 0.3 is 0 Å². The summed E-state index contributed by atoms with van der Waals surface area (Å²) in [6.07, 6.45) is 2.32. The highest BCUT2D eigenvalue weighted by Gasteiger charge is 2.42. The first-order valence-corrected chi connectivity index (χ1v) is 10.9. The van der Waals surface area contributed by atoms with Crippen LogP contribution < -0.4 is 14.8 Å². The predicted molar refractivity (Wildman–Crippen MR) is 119 cm³/mol. The Bertz CT molecular complexity index is 976. The maximum Gasteiger partial charge on any atom is 0.255 e. The van der Waals surface area contributed by atoms with Crippen LogP contribution in [0.3, 0.4) is 0 Å². The lowest BCUT2D eigenvalue weighted by Gasteiger charge is -2.21. The number of ether oxygens (including phenoxy) is 2. The third kappa shape index (κ3) is 4.64. The number of hydrogen-bond acceptors (Lipinski definition) is 4. The van der Waals surface area contributed by atoms with E-state index < -0.39 is 0 Å². The Hall–Kier alpha value is -2.73. The Morgan fingerprint density at radius 3 is 2.55 bits per heavy atom. The number of benzene rings is 2. The summed E-state index contributed by atoms with van der Waals surface area (Å²) in [6.45, 7) is 1.41. The molecule has 1 N–H and O–H groups in total. The average molecular weight is 443 g/mol. The fourth-order valence-corrected chi connectivity index (χ4v) is 4.40. The summed E-state index contributed by atoms with van der Waals surface area (Å²) in [5, 5.41) is 3.50. The van der Waals surface area contributed by atoms with Crippen molar-refractivity contribution in [2.75, 3.05) is 33.9 Å². The molecule has 1 saturated heterocycles. The average Bonchev–Trinajstić information content (AvgIpc) is 3.52. The van der Waals surface area contributed by atoms with Gasteiger partial charge in [-0.2, -0.15) is 0 Å². The molecule has 2 aromatic rings. The number of methoxy groups -OCH3 is 2. The molecule has 2 unspecified atom stereocenters. The summed E-state index contributed by atoms with van der Waals surface area (Å²) in [7, 11) is 3.21. The highest BCUT2D eigenvalue weighted by atomic mass is 35.5. The maximum atomic E-state index is 13.2. The lowest BCUT2D eigenvalue weighted by atomic mass is 9.87. The molecule has 2 amide bonds. The van der Waals surface area contributed by atoms with E-state index in [4.69, 9.17) is 21.1 Å². The first-order chi connectivity index (χ1) is 15.0. The molecule has 1 saturated carbocycles. The van der Waals surface area contributed by atoms with Gasteiger partial charge in [-0.25, -0.2) is 0 Å². The normalized spacial score (nSPS) is 20.4. The molecular formula is C24H27ClN2O4. The van der Waals surface area contributed by atoms with Crippen molar-refractivity contribution in [3.8, 4) is 11.5 Å². The molecule has 0 spiro atoms. The van der Waals surface area contributed by atoms with Gasteiger partial charge in [-0.3, -0.25) is 9.59 Å². The SMILES string of the molecule is COc1ccc(OC)c(C2CN(C(=O)c3ccccc3Cl)CC2C(=O)NCC2CC2)c1. The lowest BCUT2D eigenvalue weighted by molar-refractivity contribution is -0.125. The van der Waals surface area contributed by atoms with Gasteiger partial charge in [0, 0.05) is 31.1 Å². The van der Waals surface area contributed by atoms with E-state index in [-0.39, 0.29) is 23.7 Å². The zero-order valence-corrected chi connectivity index (χ0v) is 18.5. The zero-order chi connectivity index (χ0) is 22.0. The number of carbonyl (C=O) groups is 2. The molecule has 1 aliphatic heterocycles. The van der Waals surface area contributed by atoms with Crippen LogP contribution in [0.2, 0.25) is 5.02 Å². The van der Waals surface area contributed by atoms with E-state index in [2.05, 4.69) is 5.32 Å². The van der Waals surface area contributed by atoms with E-state index in [0.717, 1.165) is 18.4 Å². The van der Waals surface area contributed by atoms with Crippen LogP contribution in [0.25, 0.3) is 0 Å². The third-order valence-electron chi connectivity index (χ3n) is 6.15. The number of rotatable bonds is 7. The Kier molecular flexibility index (Phi) is 6.37. The topological polar surface area (TPSA) is 67.9 Å². The number of amides is 2. The Balaban J connectivity index is 1.64. The number of nitrogens with one attached hydrogen (secondary N) is 1. The van der Waals surface area contributed by atoms with E-state index in [1.54, 1.807) is 43.4 Å². The van der Waals surface area contributed by atoms with Gasteiger partial charge in [0.05, 0.1) is 30.7 Å². The van der Waals surface area contributed by atoms with Gasteiger partial charge in [0.15, 0.2) is 0 Å². The van der Waals surface area contributed by atoms with Crippen LogP contribution in [0.5, 0.6) is 11.5 Å². The summed E-state index contributed by atoms with van der Waals surface area (Å²) >= 11 is 6.27. The van der Waals surface area contributed by atoms with Crippen LogP contribution in [0.1, 0.15) is 34.7 Å². The fourth-order valence-electron chi connectivity index (χ4n) is 4.18. The molecule has 31 heavy (non-hydrogen) atoms. The van der Waals surface area contributed by atoms with Crippen LogP contribution in [-0.4, -0.2) is 50.6 Å². The van der Waals surface area contributed by atoms with Crippen LogP contribution >= 0.6 is 11.6 Å². The van der Waals surface area contributed by atoms with Crippen molar-refractivity contribution in [1.82, 2.24) is 10.2 Å². The summed E-state index contributed by atoms with van der Waals surface area (Å²) in [4.78, 5) is 28.1. The molecule has 4 rings (SSSR count). The molecule has 0 aromatic heterocycles. The van der Waals surface area contributed by atoms with Crippen molar-refractivity contribution in [3.05, 3.63) is 58.6 Å². The van der Waals surface area contributed by atoms with Crippen molar-refractivity contribution in [3.63, 3.8) is 0 Å². The number of nitrogens with zero attached hydrogens (tertiary/aromatic N) is 1. The van der Waals surface area contributed by atoms with Crippen molar-refractivity contribution < 1.29 is 19.1 Å². The lowest BCUT2D eigenvalue weighted by Crippen LogP contribution is -2.36. The first-order valence-electron chi connectivity index (χ1n) is 10.5. The van der Waals surface area contributed by atoms with Gasteiger partial charge in [-0.05, 0) is 49.1 Å². The summed E-state index contributed by atoms with van der Waals surface area (Å²) < 4.78 is 11.0. The zero-order valence-electron chi connectivity index (χ0n) is 17.8. The van der Waals surface area contributed by atoms with Crippen molar-refractivity contribution in [2.45, 2.75) is 18.8 Å². The minimum atomic E-state index is -0.383. The quantitative estimate of drug-likeness (QED) is 0.709. The van der Waals surface area contributed by atoms with Gasteiger partial charge in [-0.1, -0.05) is 23.7 Å². The molecule has 0 bridgehead atoms. The molecule has 2 aromatic carbocycles. The number of carbonyl (C=O) groups excluding carboxylic acids is 2. The minimum Gasteiger partial charge on any atom is -0.497 e. The first kappa shape index (κ1) is 21.5. The summed E-state index contributed by atoms with van der Waals surface area (Å²) in [6, 6.07) is 12.6. The number of likely N-dealkylation sites (tertiary alicyclic amines) is 1. The van der Waals surface area contributed by atoms with Crippen LogP contribution in [0.4, 0.5) is 0 Å². The highest BCUT2D eigenvalue weighted by Crippen LogP contribution is 2.40. The number of hydrogen-bond donors (Lipinski definition) is 1. The van der Waals surface area contributed by atoms with Crippen molar-refractivity contribution in [2.24, 2.45) is 11.8 Å². The van der Waals surface area contributed by atoms with Crippen LogP contribution in [0, 0.1) is 11.8 Å². The Morgan fingerprint density at radius 2 is 1.87 bits per heavy atom. The summed E-state index contributed by atoms with van der Waals surface area (Å²) in [5.74, 6) is 1.14. The monoisotopic (exact) mass is 442 g/mol. The molecular weight excluding hydrogens is 416 g/mol. The largest absolute Gasteiger partial charge is 0.497 e. The smallest absolute Gasteiger partial charge is 0.255 e. The molecule has 2 fully saturated rings. The van der Waals surface area contributed by atoms with Gasteiger partial charge in [0.1, 0.15) is 11.5 Å². The van der Waals surface area contributed by atoms with Gasteiger partial charge in [0.25, 0.3) is 5.91 Å². The van der Waals surface area contributed by atoms with Gasteiger partial charge in [-0.15, -0.1) is 0 Å². The molecule has 7 heteroatoms. The fraction of sp³-hybridized carbons (Fsp3) is 0.417. The van der Waals surface area contributed by atoms with E-state index in [1.807, 2.05) is 18.2 Å². The number of halogens is 1. The second-order valence-corrected chi connectivity index (χ2v) is 8.61. The highest BCUT2D eigenvalue weighted by molar-refractivity contribution is 6.33. The Labute approximate surface area is 187 Å². The molecule has 0 radical (unpaired) electrons. The molecule has 1 aliphatic carbocycles. The van der Waals surface area contributed by atoms with Gasteiger partial charge in [0.2, 0.25) is 5.91 Å². The molecule has 164 valence electrons. The maximum absolute atomic E-state index is 13.2. The Morgan fingerprint density at radius 1 is 1.10 bits per heavy atom.